The van der Waals surface area contributed by atoms with Crippen LogP contribution >= 0.6 is 11.6 Å². The molecule has 1 heterocycles. The van der Waals surface area contributed by atoms with Gasteiger partial charge in [0.15, 0.2) is 0 Å². The van der Waals surface area contributed by atoms with Crippen molar-refractivity contribution in [2.75, 3.05) is 32.8 Å². The van der Waals surface area contributed by atoms with E-state index in [2.05, 4.69) is 11.0 Å². The lowest BCUT2D eigenvalue weighted by atomic mass is 10.2. The van der Waals surface area contributed by atoms with Crippen molar-refractivity contribution in [1.29, 1.82) is 0 Å². The Hall–Kier alpha value is -2.04. The summed E-state index contributed by atoms with van der Waals surface area (Å²) in [5.41, 5.74) is 1.21. The number of carbonyl (C=O) groups excluding carboxylic acids is 1. The van der Waals surface area contributed by atoms with Crippen LogP contribution < -0.4 is 4.74 Å². The number of halogens is 1. The summed E-state index contributed by atoms with van der Waals surface area (Å²) in [4.78, 5) is 16.6. The van der Waals surface area contributed by atoms with E-state index in [1.165, 1.54) is 5.56 Å². The lowest BCUT2D eigenvalue weighted by Crippen LogP contribution is -2.48. The van der Waals surface area contributed by atoms with Gasteiger partial charge in [0.05, 0.1) is 13.0 Å². The lowest BCUT2D eigenvalue weighted by molar-refractivity contribution is -0.133. The van der Waals surface area contributed by atoms with E-state index in [9.17, 15) is 4.79 Å². The van der Waals surface area contributed by atoms with E-state index < -0.39 is 0 Å². The van der Waals surface area contributed by atoms with E-state index >= 15 is 0 Å². The van der Waals surface area contributed by atoms with Gasteiger partial charge in [-0.15, -0.1) is 0 Å². The second-order valence-electron chi connectivity index (χ2n) is 6.20. The minimum absolute atomic E-state index is 0.165. The molecule has 1 saturated heterocycles. The molecule has 0 atom stereocenters. The highest BCUT2D eigenvalue weighted by Gasteiger charge is 2.20. The van der Waals surface area contributed by atoms with E-state index in [4.69, 9.17) is 16.3 Å². The Morgan fingerprint density at radius 3 is 2.48 bits per heavy atom. The summed E-state index contributed by atoms with van der Waals surface area (Å²) in [6.07, 6.45) is 0.420. The zero-order valence-corrected chi connectivity index (χ0v) is 15.0. The predicted octanol–water partition coefficient (Wildman–Crippen LogP) is 3.45. The van der Waals surface area contributed by atoms with E-state index in [1.54, 1.807) is 0 Å². The fourth-order valence-electron chi connectivity index (χ4n) is 2.98. The van der Waals surface area contributed by atoms with Crippen molar-refractivity contribution >= 4 is 17.5 Å². The van der Waals surface area contributed by atoms with Gasteiger partial charge >= 0.3 is 0 Å². The molecule has 0 bridgehead atoms. The molecule has 0 radical (unpaired) electrons. The zero-order chi connectivity index (χ0) is 17.5. The molecule has 5 heteroatoms. The van der Waals surface area contributed by atoms with Gasteiger partial charge in [-0.3, -0.25) is 9.69 Å². The molecule has 1 amide bonds. The van der Waals surface area contributed by atoms with Crippen molar-refractivity contribution in [3.63, 3.8) is 0 Å². The number of amides is 1. The standard InChI is InChI=1S/C20H23ClN2O2/c21-18-6-4-5-17(15-18)16-22-10-12-23(13-11-22)20(24)9-14-25-19-7-2-1-3-8-19/h1-8,15H,9-14,16H2. The van der Waals surface area contributed by atoms with Crippen LogP contribution in [-0.2, 0) is 11.3 Å². The molecule has 2 aromatic rings. The number of rotatable bonds is 6. The molecule has 1 aliphatic rings. The van der Waals surface area contributed by atoms with Crippen molar-refractivity contribution < 1.29 is 9.53 Å². The first-order chi connectivity index (χ1) is 12.2. The first-order valence-electron chi connectivity index (χ1n) is 8.63. The third-order valence-corrected chi connectivity index (χ3v) is 4.58. The minimum Gasteiger partial charge on any atom is -0.493 e. The second-order valence-corrected chi connectivity index (χ2v) is 6.63. The largest absolute Gasteiger partial charge is 0.493 e. The maximum atomic E-state index is 12.3. The number of hydrogen-bond donors (Lipinski definition) is 0. The Labute approximate surface area is 154 Å². The van der Waals surface area contributed by atoms with Gasteiger partial charge in [-0.2, -0.15) is 0 Å². The number of ether oxygens (including phenoxy) is 1. The van der Waals surface area contributed by atoms with Gasteiger partial charge in [0, 0.05) is 37.7 Å². The summed E-state index contributed by atoms with van der Waals surface area (Å²) in [6.45, 7) is 4.61. The molecule has 0 aromatic heterocycles. The van der Waals surface area contributed by atoms with Crippen LogP contribution in [0.15, 0.2) is 54.6 Å². The van der Waals surface area contributed by atoms with Gasteiger partial charge in [0.25, 0.3) is 0 Å². The molecule has 4 nitrogen and oxygen atoms in total. The van der Waals surface area contributed by atoms with Crippen LogP contribution in [-0.4, -0.2) is 48.5 Å². The summed E-state index contributed by atoms with van der Waals surface area (Å²) in [5, 5.41) is 0.768. The van der Waals surface area contributed by atoms with Gasteiger partial charge in [-0.1, -0.05) is 41.9 Å². The SMILES string of the molecule is O=C(CCOc1ccccc1)N1CCN(Cc2cccc(Cl)c2)CC1. The predicted molar refractivity (Wildman–Crippen MR) is 99.9 cm³/mol. The quantitative estimate of drug-likeness (QED) is 0.792. The van der Waals surface area contributed by atoms with Gasteiger partial charge in [-0.05, 0) is 29.8 Å². The van der Waals surface area contributed by atoms with E-state index in [0.29, 0.717) is 13.0 Å². The molecule has 0 saturated carbocycles. The highest BCUT2D eigenvalue weighted by molar-refractivity contribution is 6.30. The van der Waals surface area contributed by atoms with Crippen molar-refractivity contribution in [3.05, 3.63) is 65.2 Å². The number of benzene rings is 2. The third-order valence-electron chi connectivity index (χ3n) is 4.35. The normalized spacial score (nSPS) is 15.2. The number of nitrogens with zero attached hydrogens (tertiary/aromatic N) is 2. The number of carbonyl (C=O) groups is 1. The van der Waals surface area contributed by atoms with Crippen molar-refractivity contribution in [3.8, 4) is 5.75 Å². The third kappa shape index (κ3) is 5.48. The van der Waals surface area contributed by atoms with Crippen molar-refractivity contribution in [2.45, 2.75) is 13.0 Å². The summed E-state index contributed by atoms with van der Waals surface area (Å²) in [6, 6.07) is 17.6. The van der Waals surface area contributed by atoms with E-state index in [0.717, 1.165) is 43.5 Å². The van der Waals surface area contributed by atoms with Gasteiger partial charge in [0.1, 0.15) is 5.75 Å². The summed E-state index contributed by atoms with van der Waals surface area (Å²) < 4.78 is 5.61. The smallest absolute Gasteiger partial charge is 0.226 e. The van der Waals surface area contributed by atoms with Crippen LogP contribution in [0.1, 0.15) is 12.0 Å². The molecular weight excluding hydrogens is 336 g/mol. The first-order valence-corrected chi connectivity index (χ1v) is 9.01. The molecule has 0 aliphatic carbocycles. The Bertz CT molecular complexity index is 685. The molecular formula is C20H23ClN2O2. The Kier molecular flexibility index (Phi) is 6.31. The van der Waals surface area contributed by atoms with E-state index in [1.807, 2.05) is 53.4 Å². The van der Waals surface area contributed by atoms with Crippen LogP contribution in [0.4, 0.5) is 0 Å². The molecule has 132 valence electrons. The molecule has 0 spiro atoms. The fraction of sp³-hybridized carbons (Fsp3) is 0.350. The van der Waals surface area contributed by atoms with Gasteiger partial charge in [-0.25, -0.2) is 0 Å². The van der Waals surface area contributed by atoms with Crippen LogP contribution in [0, 0.1) is 0 Å². The first kappa shape index (κ1) is 17.8. The highest BCUT2D eigenvalue weighted by atomic mass is 35.5. The van der Waals surface area contributed by atoms with Crippen molar-refractivity contribution in [1.82, 2.24) is 9.80 Å². The maximum Gasteiger partial charge on any atom is 0.226 e. The summed E-state index contributed by atoms with van der Waals surface area (Å²) in [7, 11) is 0. The second kappa shape index (κ2) is 8.88. The molecule has 1 aliphatic heterocycles. The number of piperazine rings is 1. The lowest BCUT2D eigenvalue weighted by Gasteiger charge is -2.34. The number of para-hydroxylation sites is 1. The summed E-state index contributed by atoms with van der Waals surface area (Å²) in [5.74, 6) is 0.972. The average molecular weight is 359 g/mol. The monoisotopic (exact) mass is 358 g/mol. The molecule has 3 rings (SSSR count). The highest BCUT2D eigenvalue weighted by Crippen LogP contribution is 2.14. The Morgan fingerprint density at radius 1 is 1.00 bits per heavy atom. The Balaban J connectivity index is 1.38. The zero-order valence-electron chi connectivity index (χ0n) is 14.2. The molecule has 25 heavy (non-hydrogen) atoms. The average Bonchev–Trinajstić information content (AvgIpc) is 2.63. The summed E-state index contributed by atoms with van der Waals surface area (Å²) >= 11 is 6.04. The van der Waals surface area contributed by atoms with Crippen LogP contribution in [0.25, 0.3) is 0 Å². The molecule has 0 N–H and O–H groups in total. The molecule has 2 aromatic carbocycles. The van der Waals surface area contributed by atoms with Crippen LogP contribution in [0.2, 0.25) is 5.02 Å². The van der Waals surface area contributed by atoms with Gasteiger partial charge < -0.3 is 9.64 Å². The van der Waals surface area contributed by atoms with Crippen LogP contribution in [0.3, 0.4) is 0 Å². The molecule has 0 unspecified atom stereocenters. The minimum atomic E-state index is 0.165. The Morgan fingerprint density at radius 2 is 1.76 bits per heavy atom. The van der Waals surface area contributed by atoms with Crippen molar-refractivity contribution in [2.24, 2.45) is 0 Å². The topological polar surface area (TPSA) is 32.8 Å². The number of hydrogen-bond acceptors (Lipinski definition) is 3. The maximum absolute atomic E-state index is 12.3. The van der Waals surface area contributed by atoms with Gasteiger partial charge in [0.2, 0.25) is 5.91 Å². The fourth-order valence-corrected chi connectivity index (χ4v) is 3.19. The molecule has 1 fully saturated rings. The van der Waals surface area contributed by atoms with Crippen LogP contribution in [0.5, 0.6) is 5.75 Å². The van der Waals surface area contributed by atoms with E-state index in [-0.39, 0.29) is 5.91 Å².